The van der Waals surface area contributed by atoms with Crippen LogP contribution in [0.15, 0.2) is 27.6 Å². The Labute approximate surface area is 56.5 Å². The summed E-state index contributed by atoms with van der Waals surface area (Å²) in [5.41, 5.74) is 0.560. The van der Waals surface area contributed by atoms with Crippen molar-refractivity contribution in [2.24, 2.45) is 0 Å². The van der Waals surface area contributed by atoms with Crippen molar-refractivity contribution in [3.05, 3.63) is 25.1 Å². The molecule has 0 fully saturated rings. The van der Waals surface area contributed by atoms with E-state index >= 15 is 0 Å². The van der Waals surface area contributed by atoms with Crippen molar-refractivity contribution < 1.29 is 8.83 Å². The molecule has 0 saturated carbocycles. The highest BCUT2D eigenvalue weighted by atomic mass is 16.4. The summed E-state index contributed by atoms with van der Waals surface area (Å²) < 4.78 is 9.53. The van der Waals surface area contributed by atoms with Crippen LogP contribution in [0.4, 0.5) is 0 Å². The van der Waals surface area contributed by atoms with Crippen LogP contribution < -0.4 is 0 Å². The molecule has 0 unspecified atom stereocenters. The van der Waals surface area contributed by atoms with E-state index in [1.54, 1.807) is 6.20 Å². The lowest BCUT2D eigenvalue weighted by Crippen LogP contribution is -1.73. The zero-order valence-electron chi connectivity index (χ0n) is 4.94. The van der Waals surface area contributed by atoms with E-state index in [2.05, 4.69) is 20.8 Å². The molecule has 49 valence electrons. The minimum atomic E-state index is 0.449. The van der Waals surface area contributed by atoms with Crippen LogP contribution in [0.5, 0.6) is 0 Å². The lowest BCUT2D eigenvalue weighted by atomic mass is 10.5. The summed E-state index contributed by atoms with van der Waals surface area (Å²) >= 11 is 0. The van der Waals surface area contributed by atoms with Crippen molar-refractivity contribution in [1.82, 2.24) is 9.97 Å². The Morgan fingerprint density at radius 2 is 2.50 bits per heavy atom. The number of rotatable bonds is 1. The summed E-state index contributed by atoms with van der Waals surface area (Å²) in [6.07, 6.45) is 6.74. The van der Waals surface area contributed by atoms with E-state index in [0.717, 1.165) is 0 Å². The Morgan fingerprint density at radius 3 is 3.10 bits per heavy atom. The molecule has 0 aromatic carbocycles. The quantitative estimate of drug-likeness (QED) is 0.588. The summed E-state index contributed by atoms with van der Waals surface area (Å²) in [4.78, 5) is 7.56. The van der Waals surface area contributed by atoms with Crippen molar-refractivity contribution in [2.75, 3.05) is 0 Å². The van der Waals surface area contributed by atoms with Crippen molar-refractivity contribution in [3.8, 4) is 11.6 Å². The second kappa shape index (κ2) is 1.98. The first kappa shape index (κ1) is 5.22. The highest BCUT2D eigenvalue weighted by Crippen LogP contribution is 2.12. The van der Waals surface area contributed by atoms with Gasteiger partial charge in [-0.05, 0) is 0 Å². The predicted octanol–water partition coefficient (Wildman–Crippen LogP) is 1.13. The van der Waals surface area contributed by atoms with Gasteiger partial charge in [-0.1, -0.05) is 0 Å². The largest absolute Gasteiger partial charge is 0.443 e. The van der Waals surface area contributed by atoms with Crippen LogP contribution in [0.25, 0.3) is 11.6 Å². The summed E-state index contributed by atoms with van der Waals surface area (Å²) in [6.45, 7) is 0. The van der Waals surface area contributed by atoms with E-state index in [1.807, 2.05) is 0 Å². The second-order valence-electron chi connectivity index (χ2n) is 1.66. The molecule has 4 heteroatoms. The molecule has 10 heavy (non-hydrogen) atoms. The van der Waals surface area contributed by atoms with Gasteiger partial charge in [0.25, 0.3) is 6.39 Å². The molecule has 0 N–H and O–H groups in total. The monoisotopic (exact) mass is 135 g/mol. The van der Waals surface area contributed by atoms with Crippen LogP contribution in [0.3, 0.4) is 0 Å². The third-order valence-corrected chi connectivity index (χ3v) is 1.04. The van der Waals surface area contributed by atoms with E-state index in [0.29, 0.717) is 11.6 Å². The molecule has 2 aromatic rings. The lowest BCUT2D eigenvalue weighted by molar-refractivity contribution is 0.545. The van der Waals surface area contributed by atoms with E-state index in [9.17, 15) is 0 Å². The smallest absolute Gasteiger partial charge is 0.284 e. The molecule has 0 amide bonds. The number of nitrogens with zero attached hydrogens (tertiary/aromatic N) is 2. The number of hydrogen-bond acceptors (Lipinski definition) is 4. The van der Waals surface area contributed by atoms with Gasteiger partial charge in [0.1, 0.15) is 12.5 Å². The fraction of sp³-hybridized carbons (Fsp3) is 0. The first-order valence-electron chi connectivity index (χ1n) is 2.68. The second-order valence-corrected chi connectivity index (χ2v) is 1.66. The van der Waals surface area contributed by atoms with Gasteiger partial charge in [0, 0.05) is 0 Å². The van der Waals surface area contributed by atoms with Crippen LogP contribution in [0, 0.1) is 6.39 Å². The van der Waals surface area contributed by atoms with Crippen molar-refractivity contribution in [2.45, 2.75) is 0 Å². The Bertz CT molecular complexity index is 253. The zero-order chi connectivity index (χ0) is 6.81. The molecule has 0 saturated heterocycles. The van der Waals surface area contributed by atoms with Gasteiger partial charge >= 0.3 is 0 Å². The zero-order valence-corrected chi connectivity index (χ0v) is 4.94. The molecule has 0 spiro atoms. The summed E-state index contributed by atoms with van der Waals surface area (Å²) in [6, 6.07) is 0. The van der Waals surface area contributed by atoms with Crippen molar-refractivity contribution >= 4 is 0 Å². The maximum absolute atomic E-state index is 4.92. The fourth-order valence-electron chi connectivity index (χ4n) is 0.632. The Morgan fingerprint density at radius 1 is 1.50 bits per heavy atom. The van der Waals surface area contributed by atoms with Crippen LogP contribution >= 0.6 is 0 Å². The molecular weight excluding hydrogens is 132 g/mol. The Balaban J connectivity index is 2.48. The highest BCUT2D eigenvalue weighted by Gasteiger charge is 2.03. The van der Waals surface area contributed by atoms with Gasteiger partial charge in [0.2, 0.25) is 5.89 Å². The number of aromatic nitrogens is 2. The SMILES string of the molecule is [c]1nc(-c2ncco2)co1. The lowest BCUT2D eigenvalue weighted by Gasteiger charge is -1.80. The molecule has 4 nitrogen and oxygen atoms in total. The normalized spacial score (nSPS) is 10.0. The van der Waals surface area contributed by atoms with E-state index in [1.165, 1.54) is 12.5 Å². The average molecular weight is 135 g/mol. The fourth-order valence-corrected chi connectivity index (χ4v) is 0.632. The summed E-state index contributed by atoms with van der Waals surface area (Å²) in [7, 11) is 0. The molecule has 0 aliphatic heterocycles. The average Bonchev–Trinajstić information content (AvgIpc) is 2.59. The molecule has 0 aliphatic carbocycles. The molecule has 0 bridgehead atoms. The van der Waals surface area contributed by atoms with Gasteiger partial charge in [-0.25, -0.2) is 4.98 Å². The standard InChI is InChI=1S/C6H3N2O2/c1-2-10-6(7-1)5-3-9-4-8-5/h1-3H. The molecular formula is C6H3N2O2. The van der Waals surface area contributed by atoms with Gasteiger partial charge in [-0.15, -0.1) is 0 Å². The Hall–Kier alpha value is -1.58. The van der Waals surface area contributed by atoms with Crippen molar-refractivity contribution in [1.29, 1.82) is 0 Å². The van der Waals surface area contributed by atoms with Crippen LogP contribution in [-0.2, 0) is 0 Å². The van der Waals surface area contributed by atoms with Crippen molar-refractivity contribution in [3.63, 3.8) is 0 Å². The van der Waals surface area contributed by atoms with Gasteiger partial charge in [0.05, 0.1) is 6.20 Å². The summed E-state index contributed by atoms with van der Waals surface area (Å²) in [5.74, 6) is 0.449. The molecule has 2 rings (SSSR count). The van der Waals surface area contributed by atoms with E-state index in [4.69, 9.17) is 4.42 Å². The third-order valence-electron chi connectivity index (χ3n) is 1.04. The maximum Gasteiger partial charge on any atom is 0.284 e. The molecule has 2 heterocycles. The predicted molar refractivity (Wildman–Crippen MR) is 30.8 cm³/mol. The van der Waals surface area contributed by atoms with Gasteiger partial charge in [-0.3, -0.25) is 0 Å². The topological polar surface area (TPSA) is 52.1 Å². The van der Waals surface area contributed by atoms with Gasteiger partial charge < -0.3 is 8.83 Å². The van der Waals surface area contributed by atoms with Gasteiger partial charge in [-0.2, -0.15) is 4.98 Å². The van der Waals surface area contributed by atoms with Crippen LogP contribution in [-0.4, -0.2) is 9.97 Å². The maximum atomic E-state index is 4.92. The highest BCUT2D eigenvalue weighted by molar-refractivity contribution is 5.42. The van der Waals surface area contributed by atoms with Gasteiger partial charge in [0.15, 0.2) is 5.69 Å². The Kier molecular flexibility index (Phi) is 1.04. The molecule has 2 aromatic heterocycles. The van der Waals surface area contributed by atoms with E-state index in [-0.39, 0.29) is 0 Å². The number of hydrogen-bond donors (Lipinski definition) is 0. The van der Waals surface area contributed by atoms with Crippen LogP contribution in [0.2, 0.25) is 0 Å². The third kappa shape index (κ3) is 0.699. The summed E-state index contributed by atoms with van der Waals surface area (Å²) in [5, 5.41) is 0. The van der Waals surface area contributed by atoms with Crippen LogP contribution in [0.1, 0.15) is 0 Å². The van der Waals surface area contributed by atoms with E-state index < -0.39 is 0 Å². The molecule has 1 radical (unpaired) electrons. The molecule has 0 aliphatic rings. The number of oxazole rings is 2. The minimum absolute atomic E-state index is 0.449. The first-order chi connectivity index (χ1) is 4.97. The molecule has 0 atom stereocenters. The first-order valence-corrected chi connectivity index (χ1v) is 2.68. The minimum Gasteiger partial charge on any atom is -0.443 e.